The van der Waals surface area contributed by atoms with Gasteiger partial charge >= 0.3 is 5.97 Å². The number of hydrogen-bond acceptors (Lipinski definition) is 4. The molecule has 33 heavy (non-hydrogen) atoms. The minimum atomic E-state index is -0.530. The summed E-state index contributed by atoms with van der Waals surface area (Å²) in [6, 6.07) is 10.5. The molecule has 1 heterocycles. The SMILES string of the molecule is Cc1cccc2c1CNc1c(NC34CC5CC(CC(C5)C3)C4)ccc(C(=O)OC(C)(C)C)c1-2. The summed E-state index contributed by atoms with van der Waals surface area (Å²) in [5, 5.41) is 7.76. The van der Waals surface area contributed by atoms with E-state index >= 15 is 0 Å². The number of aryl methyl sites for hydroxylation is 1. The molecule has 0 saturated heterocycles. The first kappa shape index (κ1) is 21.1. The second-order valence-electron chi connectivity index (χ2n) is 12.2. The van der Waals surface area contributed by atoms with E-state index in [1.165, 1.54) is 49.7 Å². The summed E-state index contributed by atoms with van der Waals surface area (Å²) in [5.41, 5.74) is 7.20. The summed E-state index contributed by atoms with van der Waals surface area (Å²) in [6.45, 7) is 8.71. The van der Waals surface area contributed by atoms with Gasteiger partial charge in [-0.25, -0.2) is 4.79 Å². The number of rotatable bonds is 3. The van der Waals surface area contributed by atoms with Crippen molar-refractivity contribution in [3.63, 3.8) is 0 Å². The van der Waals surface area contributed by atoms with Crippen LogP contribution in [0.2, 0.25) is 0 Å². The highest BCUT2D eigenvalue weighted by Crippen LogP contribution is 2.57. The van der Waals surface area contributed by atoms with Crippen LogP contribution >= 0.6 is 0 Å². The third-order valence-electron chi connectivity index (χ3n) is 8.38. The van der Waals surface area contributed by atoms with Crippen molar-refractivity contribution < 1.29 is 9.53 Å². The lowest BCUT2D eigenvalue weighted by Crippen LogP contribution is -2.54. The Morgan fingerprint density at radius 1 is 1.03 bits per heavy atom. The fourth-order valence-corrected chi connectivity index (χ4v) is 7.57. The van der Waals surface area contributed by atoms with E-state index in [0.29, 0.717) is 5.56 Å². The second-order valence-corrected chi connectivity index (χ2v) is 12.2. The molecule has 2 N–H and O–H groups in total. The van der Waals surface area contributed by atoms with Crippen LogP contribution in [-0.4, -0.2) is 17.1 Å². The first-order valence-corrected chi connectivity index (χ1v) is 12.7. The largest absolute Gasteiger partial charge is 0.456 e. The molecule has 0 atom stereocenters. The van der Waals surface area contributed by atoms with Crippen molar-refractivity contribution in [2.24, 2.45) is 17.8 Å². The zero-order valence-electron chi connectivity index (χ0n) is 20.4. The smallest absolute Gasteiger partial charge is 0.339 e. The van der Waals surface area contributed by atoms with Crippen molar-refractivity contribution >= 4 is 17.3 Å². The van der Waals surface area contributed by atoms with Crippen LogP contribution in [0.3, 0.4) is 0 Å². The molecule has 4 saturated carbocycles. The van der Waals surface area contributed by atoms with Crippen molar-refractivity contribution in [3.8, 4) is 11.1 Å². The van der Waals surface area contributed by atoms with Crippen molar-refractivity contribution in [1.82, 2.24) is 0 Å². The Bertz CT molecular complexity index is 1090. The molecule has 0 amide bonds. The number of hydrogen-bond donors (Lipinski definition) is 2. The fraction of sp³-hybridized carbons (Fsp3) is 0.552. The molecule has 4 nitrogen and oxygen atoms in total. The van der Waals surface area contributed by atoms with E-state index in [2.05, 4.69) is 41.8 Å². The van der Waals surface area contributed by atoms with E-state index in [9.17, 15) is 4.79 Å². The molecule has 2 aromatic rings. The lowest BCUT2D eigenvalue weighted by Gasteiger charge is -2.57. The van der Waals surface area contributed by atoms with Crippen LogP contribution in [0, 0.1) is 24.7 Å². The van der Waals surface area contributed by atoms with E-state index in [1.54, 1.807) is 0 Å². The maximum absolute atomic E-state index is 13.3. The van der Waals surface area contributed by atoms with Gasteiger partial charge in [-0.2, -0.15) is 0 Å². The van der Waals surface area contributed by atoms with Gasteiger partial charge in [0.1, 0.15) is 5.60 Å². The number of esters is 1. The highest BCUT2D eigenvalue weighted by molar-refractivity contribution is 6.05. The van der Waals surface area contributed by atoms with Crippen LogP contribution < -0.4 is 10.6 Å². The molecule has 0 aromatic heterocycles. The van der Waals surface area contributed by atoms with E-state index in [4.69, 9.17) is 4.74 Å². The van der Waals surface area contributed by atoms with Gasteiger partial charge in [-0.05, 0) is 113 Å². The standard InChI is InChI=1S/C29H36N2O2/c1-17-6-5-7-21-23(17)16-30-26-24(9-8-22(25(21)26)27(32)33-28(2,3)4)31-29-13-18-10-19(14-29)12-20(11-18)15-29/h5-9,18-20,30-31H,10-16H2,1-4H3. The van der Waals surface area contributed by atoms with E-state index in [-0.39, 0.29) is 11.5 Å². The molecule has 4 aliphatic carbocycles. The second kappa shape index (κ2) is 7.25. The molecular formula is C29H36N2O2. The van der Waals surface area contributed by atoms with Crippen molar-refractivity contribution in [2.45, 2.75) is 83.9 Å². The Hall–Kier alpha value is -2.49. The van der Waals surface area contributed by atoms with Gasteiger partial charge in [0.25, 0.3) is 0 Å². The van der Waals surface area contributed by atoms with Gasteiger partial charge in [0.2, 0.25) is 0 Å². The van der Waals surface area contributed by atoms with Gasteiger partial charge in [0.05, 0.1) is 16.9 Å². The minimum Gasteiger partial charge on any atom is -0.456 e. The lowest BCUT2D eigenvalue weighted by molar-refractivity contribution is 0.00704. The molecule has 2 aromatic carbocycles. The summed E-state index contributed by atoms with van der Waals surface area (Å²) in [6.07, 6.45) is 8.16. The summed E-state index contributed by atoms with van der Waals surface area (Å²) in [4.78, 5) is 13.3. The average molecular weight is 445 g/mol. The van der Waals surface area contributed by atoms with Crippen LogP contribution in [0.1, 0.15) is 80.8 Å². The van der Waals surface area contributed by atoms with Gasteiger partial charge in [-0.15, -0.1) is 0 Å². The highest BCUT2D eigenvalue weighted by atomic mass is 16.6. The normalized spacial score (nSPS) is 29.2. The van der Waals surface area contributed by atoms with Crippen LogP contribution in [-0.2, 0) is 11.3 Å². The first-order chi connectivity index (χ1) is 15.7. The Balaban J connectivity index is 1.44. The maximum atomic E-state index is 13.3. The molecule has 174 valence electrons. The molecule has 0 spiro atoms. The molecular weight excluding hydrogens is 408 g/mol. The minimum absolute atomic E-state index is 0.213. The quantitative estimate of drug-likeness (QED) is 0.504. The Morgan fingerprint density at radius 2 is 1.70 bits per heavy atom. The predicted octanol–water partition coefficient (Wildman–Crippen LogP) is 6.92. The highest BCUT2D eigenvalue weighted by Gasteiger charge is 2.51. The third-order valence-corrected chi connectivity index (χ3v) is 8.38. The zero-order chi connectivity index (χ0) is 23.0. The molecule has 4 heteroatoms. The van der Waals surface area contributed by atoms with Gasteiger partial charge in [-0.3, -0.25) is 0 Å². The molecule has 7 rings (SSSR count). The van der Waals surface area contributed by atoms with Gasteiger partial charge in [-0.1, -0.05) is 18.2 Å². The summed E-state index contributed by atoms with van der Waals surface area (Å²) >= 11 is 0. The van der Waals surface area contributed by atoms with Crippen LogP contribution in [0.4, 0.5) is 11.4 Å². The molecule has 5 aliphatic rings. The molecule has 0 radical (unpaired) electrons. The molecule has 1 aliphatic heterocycles. The zero-order valence-corrected chi connectivity index (χ0v) is 20.4. The van der Waals surface area contributed by atoms with Gasteiger partial charge in [0, 0.05) is 17.6 Å². The van der Waals surface area contributed by atoms with Crippen molar-refractivity contribution in [3.05, 3.63) is 47.0 Å². The van der Waals surface area contributed by atoms with Crippen LogP contribution in [0.15, 0.2) is 30.3 Å². The molecule has 0 unspecified atom stereocenters. The van der Waals surface area contributed by atoms with Gasteiger partial charge in [0.15, 0.2) is 0 Å². The number of carbonyl (C=O) groups excluding carboxylic acids is 1. The monoisotopic (exact) mass is 444 g/mol. The Labute approximate surface area is 197 Å². The lowest BCUT2D eigenvalue weighted by atomic mass is 9.53. The van der Waals surface area contributed by atoms with E-state index in [1.807, 2.05) is 26.8 Å². The molecule has 4 fully saturated rings. The number of benzene rings is 2. The third kappa shape index (κ3) is 3.62. The van der Waals surface area contributed by atoms with Crippen LogP contribution in [0.25, 0.3) is 11.1 Å². The van der Waals surface area contributed by atoms with Crippen molar-refractivity contribution in [2.75, 3.05) is 10.6 Å². The predicted molar refractivity (Wildman–Crippen MR) is 134 cm³/mol. The van der Waals surface area contributed by atoms with Crippen LogP contribution in [0.5, 0.6) is 0 Å². The Kier molecular flexibility index (Phi) is 4.63. The van der Waals surface area contributed by atoms with Crippen molar-refractivity contribution in [1.29, 1.82) is 0 Å². The number of anilines is 2. The number of ether oxygens (including phenoxy) is 1. The van der Waals surface area contributed by atoms with E-state index < -0.39 is 5.60 Å². The number of carbonyl (C=O) groups is 1. The first-order valence-electron chi connectivity index (χ1n) is 12.7. The number of fused-ring (bicyclic) bond motifs is 3. The van der Waals surface area contributed by atoms with E-state index in [0.717, 1.165) is 46.8 Å². The Morgan fingerprint density at radius 3 is 2.33 bits per heavy atom. The summed E-state index contributed by atoms with van der Waals surface area (Å²) in [5.74, 6) is 2.40. The summed E-state index contributed by atoms with van der Waals surface area (Å²) in [7, 11) is 0. The number of nitrogens with one attached hydrogen (secondary N) is 2. The average Bonchev–Trinajstić information content (AvgIpc) is 2.71. The maximum Gasteiger partial charge on any atom is 0.339 e. The summed E-state index contributed by atoms with van der Waals surface area (Å²) < 4.78 is 5.82. The topological polar surface area (TPSA) is 50.4 Å². The molecule has 4 bridgehead atoms. The van der Waals surface area contributed by atoms with Gasteiger partial charge < -0.3 is 15.4 Å². The fourth-order valence-electron chi connectivity index (χ4n) is 7.57.